The van der Waals surface area contributed by atoms with Crippen molar-refractivity contribution in [1.82, 2.24) is 0 Å². The zero-order valence-electron chi connectivity index (χ0n) is 15.5. The summed E-state index contributed by atoms with van der Waals surface area (Å²) < 4.78 is 4.49. The van der Waals surface area contributed by atoms with Crippen LogP contribution < -0.4 is 0 Å². The van der Waals surface area contributed by atoms with Crippen molar-refractivity contribution in [2.75, 3.05) is 0 Å². The predicted molar refractivity (Wildman–Crippen MR) is 103 cm³/mol. The minimum absolute atomic E-state index is 0. The van der Waals surface area contributed by atoms with Crippen LogP contribution in [0, 0.1) is 0 Å². The summed E-state index contributed by atoms with van der Waals surface area (Å²) in [4.78, 5) is 21.7. The number of hydrogen-bond donors (Lipinski definition) is 0. The average molecular weight is 351 g/mol. The second kappa shape index (κ2) is 21.2. The summed E-state index contributed by atoms with van der Waals surface area (Å²) in [5.41, 5.74) is 0. The van der Waals surface area contributed by atoms with Crippen LogP contribution in [-0.4, -0.2) is 41.5 Å². The van der Waals surface area contributed by atoms with Crippen molar-refractivity contribution in [3.05, 3.63) is 0 Å². The van der Waals surface area contributed by atoms with Gasteiger partial charge in [-0.1, -0.05) is 96.8 Å². The van der Waals surface area contributed by atoms with Gasteiger partial charge in [-0.3, -0.25) is 9.59 Å². The number of esters is 2. The molecule has 0 spiro atoms. The van der Waals surface area contributed by atoms with Crippen molar-refractivity contribution in [1.29, 1.82) is 0 Å². The molecule has 0 radical (unpaired) electrons. The number of rotatable bonds is 16. The van der Waals surface area contributed by atoms with Crippen molar-refractivity contribution in [3.63, 3.8) is 0 Å². The van der Waals surface area contributed by atoms with E-state index in [4.69, 9.17) is 0 Å². The van der Waals surface area contributed by atoms with Gasteiger partial charge >= 0.3 is 41.5 Å². The molecule has 0 aromatic heterocycles. The Labute approximate surface area is 172 Å². The van der Waals surface area contributed by atoms with Gasteiger partial charge in [0.25, 0.3) is 0 Å². The predicted octanol–water partition coefficient (Wildman–Crippen LogP) is 5.69. The molecule has 0 unspecified atom stereocenters. The average Bonchev–Trinajstić information content (AvgIpc) is 2.50. The molecule has 138 valence electrons. The van der Waals surface area contributed by atoms with Crippen LogP contribution in [0.5, 0.6) is 0 Å². The van der Waals surface area contributed by atoms with Crippen molar-refractivity contribution in [2.24, 2.45) is 0 Å². The summed E-state index contributed by atoms with van der Waals surface area (Å²) in [6.45, 7) is 3.53. The van der Waals surface area contributed by atoms with Gasteiger partial charge in [-0.2, -0.15) is 0 Å². The first kappa shape index (κ1) is 26.4. The molecule has 0 heterocycles. The van der Waals surface area contributed by atoms with E-state index in [0.29, 0.717) is 6.42 Å². The van der Waals surface area contributed by atoms with Gasteiger partial charge in [0.1, 0.15) is 0 Å². The van der Waals surface area contributed by atoms with E-state index >= 15 is 0 Å². The molecular weight excluding hydrogens is 311 g/mol. The fourth-order valence-electron chi connectivity index (χ4n) is 2.85. The van der Waals surface area contributed by atoms with Crippen molar-refractivity contribution in [3.8, 4) is 0 Å². The summed E-state index contributed by atoms with van der Waals surface area (Å²) in [6, 6.07) is 0. The third-order valence-electron chi connectivity index (χ3n) is 4.24. The quantitative estimate of drug-likeness (QED) is 0.155. The third kappa shape index (κ3) is 22.1. The molecule has 0 atom stereocenters. The summed E-state index contributed by atoms with van der Waals surface area (Å²) in [7, 11) is 0. The van der Waals surface area contributed by atoms with Crippen LogP contribution in [0.4, 0.5) is 0 Å². The summed E-state index contributed by atoms with van der Waals surface area (Å²) >= 11 is 0. The van der Waals surface area contributed by atoms with Crippen molar-refractivity contribution < 1.29 is 14.3 Å². The van der Waals surface area contributed by atoms with Gasteiger partial charge in [-0.25, -0.2) is 0 Å². The molecule has 3 nitrogen and oxygen atoms in total. The molecule has 0 aliphatic heterocycles. The first-order valence-electron chi connectivity index (χ1n) is 9.88. The second-order valence-corrected chi connectivity index (χ2v) is 6.67. The Morgan fingerprint density at radius 3 is 1.29 bits per heavy atom. The van der Waals surface area contributed by atoms with E-state index in [-0.39, 0.29) is 35.5 Å². The number of ether oxygens (including phenoxy) is 1. The number of hydrogen-bond acceptors (Lipinski definition) is 3. The van der Waals surface area contributed by atoms with Crippen LogP contribution in [-0.2, 0) is 14.3 Å². The van der Waals surface area contributed by atoms with E-state index in [2.05, 4.69) is 11.7 Å². The van der Waals surface area contributed by atoms with Gasteiger partial charge in [0.2, 0.25) is 0 Å². The van der Waals surface area contributed by atoms with Crippen molar-refractivity contribution >= 4 is 41.5 Å². The Morgan fingerprint density at radius 1 is 0.625 bits per heavy atom. The minimum atomic E-state index is -0.504. The maximum absolute atomic E-state index is 11.1. The Hall–Kier alpha value is 0.140. The van der Waals surface area contributed by atoms with Gasteiger partial charge < -0.3 is 4.74 Å². The first-order chi connectivity index (χ1) is 11.2. The Balaban J connectivity index is 0. The normalized spacial score (nSPS) is 10.2. The molecule has 0 N–H and O–H groups in total. The first-order valence-corrected chi connectivity index (χ1v) is 9.88. The zero-order valence-corrected chi connectivity index (χ0v) is 15.5. The monoisotopic (exact) mass is 350 g/mol. The molecule has 0 aromatic carbocycles. The van der Waals surface area contributed by atoms with E-state index < -0.39 is 5.97 Å². The standard InChI is InChI=1S/C20H38O3.Na.H/c1-3-4-5-6-7-8-9-10-11-12-13-14-15-16-17-18-20(22)23-19(2)21;;/h3-18H2,1-2H3;;. The zero-order chi connectivity index (χ0) is 17.2. The fraction of sp³-hybridized carbons (Fsp3) is 0.900. The SMILES string of the molecule is CCCCCCCCCCCCCCCCCC(=O)OC(C)=O.[NaH]. The third-order valence-corrected chi connectivity index (χ3v) is 4.24. The molecule has 4 heteroatoms. The number of carbonyl (C=O) groups is 2. The molecule has 0 aliphatic carbocycles. The topological polar surface area (TPSA) is 43.4 Å². The molecule has 0 rings (SSSR count). The molecule has 0 bridgehead atoms. The molecule has 0 aromatic rings. The van der Waals surface area contributed by atoms with E-state index in [1.807, 2.05) is 0 Å². The van der Waals surface area contributed by atoms with Crippen LogP contribution in [0.25, 0.3) is 0 Å². The van der Waals surface area contributed by atoms with E-state index in [0.717, 1.165) is 12.8 Å². The number of unbranched alkanes of at least 4 members (excludes halogenated alkanes) is 14. The van der Waals surface area contributed by atoms with E-state index in [1.165, 1.54) is 90.4 Å². The van der Waals surface area contributed by atoms with Crippen LogP contribution in [0.2, 0.25) is 0 Å². The fourth-order valence-corrected chi connectivity index (χ4v) is 2.85. The van der Waals surface area contributed by atoms with Gasteiger partial charge in [-0.05, 0) is 6.42 Å². The maximum atomic E-state index is 11.1. The van der Waals surface area contributed by atoms with E-state index in [9.17, 15) is 9.59 Å². The Morgan fingerprint density at radius 2 is 0.958 bits per heavy atom. The Bertz CT molecular complexity index is 293. The van der Waals surface area contributed by atoms with Crippen LogP contribution in [0.1, 0.15) is 117 Å². The summed E-state index contributed by atoms with van der Waals surface area (Å²) in [5.74, 6) is -0.886. The molecule has 0 aliphatic rings. The Kier molecular flexibility index (Phi) is 23.3. The molecule has 0 amide bonds. The molecule has 0 saturated carbocycles. The van der Waals surface area contributed by atoms with E-state index in [1.54, 1.807) is 0 Å². The van der Waals surface area contributed by atoms with Gasteiger partial charge in [0.15, 0.2) is 0 Å². The van der Waals surface area contributed by atoms with Gasteiger partial charge in [0, 0.05) is 13.3 Å². The summed E-state index contributed by atoms with van der Waals surface area (Å²) in [5, 5.41) is 0. The van der Waals surface area contributed by atoms with Crippen LogP contribution in [0.3, 0.4) is 0 Å². The molecule has 0 saturated heterocycles. The second-order valence-electron chi connectivity index (χ2n) is 6.67. The van der Waals surface area contributed by atoms with Crippen LogP contribution >= 0.6 is 0 Å². The molecular formula is C20H39NaO3. The van der Waals surface area contributed by atoms with Crippen molar-refractivity contribution in [2.45, 2.75) is 117 Å². The molecule has 0 fully saturated rings. The van der Waals surface area contributed by atoms with Gasteiger partial charge in [-0.15, -0.1) is 0 Å². The van der Waals surface area contributed by atoms with Gasteiger partial charge in [0.05, 0.1) is 0 Å². The summed E-state index contributed by atoms with van der Waals surface area (Å²) in [6.07, 6.45) is 20.0. The molecule has 24 heavy (non-hydrogen) atoms. The number of carbonyl (C=O) groups excluding carboxylic acids is 2. The van der Waals surface area contributed by atoms with Crippen LogP contribution in [0.15, 0.2) is 0 Å².